The van der Waals surface area contributed by atoms with E-state index in [-0.39, 0.29) is 0 Å². The quantitative estimate of drug-likeness (QED) is 0.559. The fourth-order valence-electron chi connectivity index (χ4n) is 1.94. The maximum atomic E-state index is 5.87. The lowest BCUT2D eigenvalue weighted by Gasteiger charge is -2.19. The van der Waals surface area contributed by atoms with Crippen LogP contribution in [0.1, 0.15) is 66.2 Å². The van der Waals surface area contributed by atoms with Gasteiger partial charge in [-0.15, -0.1) is 0 Å². The van der Waals surface area contributed by atoms with Gasteiger partial charge in [0.1, 0.15) is 0 Å². The second-order valence-corrected chi connectivity index (χ2v) is 5.01. The topological polar surface area (TPSA) is 21.3 Å². The lowest BCUT2D eigenvalue weighted by atomic mass is 10.0. The number of nitrogens with one attached hydrogen (secondary N) is 1. The summed E-state index contributed by atoms with van der Waals surface area (Å²) in [4.78, 5) is 0. The van der Waals surface area contributed by atoms with Crippen LogP contribution in [0.25, 0.3) is 0 Å². The van der Waals surface area contributed by atoms with Crippen molar-refractivity contribution < 1.29 is 4.74 Å². The van der Waals surface area contributed by atoms with E-state index in [9.17, 15) is 0 Å². The van der Waals surface area contributed by atoms with E-state index in [0.29, 0.717) is 6.04 Å². The Morgan fingerprint density at radius 1 is 0.941 bits per heavy atom. The van der Waals surface area contributed by atoms with Crippen LogP contribution in [0, 0.1) is 5.92 Å². The molecule has 0 aromatic heterocycles. The molecule has 0 aromatic carbocycles. The molecule has 2 nitrogen and oxygen atoms in total. The maximum absolute atomic E-state index is 5.87. The molecule has 0 spiro atoms. The summed E-state index contributed by atoms with van der Waals surface area (Å²) in [6.07, 6.45) is 7.57. The summed E-state index contributed by atoms with van der Waals surface area (Å²) in [7, 11) is 0. The standard InChI is InChI=1S/C15H33NO/c1-5-9-10-14(7-3)12-17-13-15(8-4)16-11-6-2/h14-16H,5-13H2,1-4H3. The summed E-state index contributed by atoms with van der Waals surface area (Å²) < 4.78 is 5.87. The predicted molar refractivity (Wildman–Crippen MR) is 76.5 cm³/mol. The van der Waals surface area contributed by atoms with E-state index in [0.717, 1.165) is 32.1 Å². The van der Waals surface area contributed by atoms with Gasteiger partial charge in [-0.1, -0.05) is 47.0 Å². The molecule has 0 aliphatic heterocycles. The van der Waals surface area contributed by atoms with E-state index in [4.69, 9.17) is 4.74 Å². The third-order valence-electron chi connectivity index (χ3n) is 3.39. The molecule has 0 aliphatic carbocycles. The third-order valence-corrected chi connectivity index (χ3v) is 3.39. The van der Waals surface area contributed by atoms with Gasteiger partial charge in [0.25, 0.3) is 0 Å². The summed E-state index contributed by atoms with van der Waals surface area (Å²) >= 11 is 0. The highest BCUT2D eigenvalue weighted by Crippen LogP contribution is 2.13. The Kier molecular flexibility index (Phi) is 12.3. The average Bonchev–Trinajstić information content (AvgIpc) is 2.37. The Hall–Kier alpha value is -0.0800. The molecule has 2 unspecified atom stereocenters. The maximum Gasteiger partial charge on any atom is 0.0619 e. The van der Waals surface area contributed by atoms with Crippen molar-refractivity contribution in [1.82, 2.24) is 5.32 Å². The van der Waals surface area contributed by atoms with E-state index in [2.05, 4.69) is 33.0 Å². The Bertz CT molecular complexity index is 134. The zero-order valence-electron chi connectivity index (χ0n) is 12.4. The summed E-state index contributed by atoms with van der Waals surface area (Å²) in [6, 6.07) is 0.540. The van der Waals surface area contributed by atoms with Gasteiger partial charge in [0.2, 0.25) is 0 Å². The first kappa shape index (κ1) is 16.9. The molecular formula is C15H33NO. The van der Waals surface area contributed by atoms with Gasteiger partial charge in [-0.25, -0.2) is 0 Å². The molecule has 104 valence electrons. The van der Waals surface area contributed by atoms with Crippen molar-refractivity contribution in [1.29, 1.82) is 0 Å². The van der Waals surface area contributed by atoms with Crippen molar-refractivity contribution in [3.05, 3.63) is 0 Å². The normalized spacial score (nSPS) is 14.8. The van der Waals surface area contributed by atoms with Crippen molar-refractivity contribution >= 4 is 0 Å². The monoisotopic (exact) mass is 243 g/mol. The van der Waals surface area contributed by atoms with Gasteiger partial charge in [0.05, 0.1) is 6.61 Å². The third kappa shape index (κ3) is 9.61. The first-order chi connectivity index (χ1) is 8.28. The zero-order valence-corrected chi connectivity index (χ0v) is 12.4. The first-order valence-electron chi connectivity index (χ1n) is 7.59. The molecule has 0 saturated carbocycles. The highest BCUT2D eigenvalue weighted by atomic mass is 16.5. The Balaban J connectivity index is 3.61. The first-order valence-corrected chi connectivity index (χ1v) is 7.59. The molecule has 0 amide bonds. The van der Waals surface area contributed by atoms with Crippen LogP contribution in [0.2, 0.25) is 0 Å². The van der Waals surface area contributed by atoms with E-state index < -0.39 is 0 Å². The molecule has 0 aromatic rings. The summed E-state index contributed by atoms with van der Waals surface area (Å²) in [5.41, 5.74) is 0. The number of hydrogen-bond donors (Lipinski definition) is 1. The zero-order chi connectivity index (χ0) is 12.9. The molecule has 0 heterocycles. The van der Waals surface area contributed by atoms with Gasteiger partial charge in [-0.3, -0.25) is 0 Å². The molecule has 0 saturated heterocycles. The van der Waals surface area contributed by atoms with Crippen LogP contribution in [-0.2, 0) is 4.74 Å². The molecule has 2 atom stereocenters. The molecule has 0 aliphatic rings. The van der Waals surface area contributed by atoms with Crippen LogP contribution in [0.15, 0.2) is 0 Å². The Morgan fingerprint density at radius 3 is 2.24 bits per heavy atom. The second-order valence-electron chi connectivity index (χ2n) is 5.01. The van der Waals surface area contributed by atoms with Gasteiger partial charge >= 0.3 is 0 Å². The number of rotatable bonds is 12. The molecular weight excluding hydrogens is 210 g/mol. The SMILES string of the molecule is CCCCC(CC)COCC(CC)NCCC. The summed E-state index contributed by atoms with van der Waals surface area (Å²) in [5.74, 6) is 0.763. The van der Waals surface area contributed by atoms with Gasteiger partial charge in [-0.2, -0.15) is 0 Å². The van der Waals surface area contributed by atoms with E-state index in [1.54, 1.807) is 0 Å². The molecule has 0 rings (SSSR count). The smallest absolute Gasteiger partial charge is 0.0619 e. The number of ether oxygens (including phenoxy) is 1. The van der Waals surface area contributed by atoms with Crippen molar-refractivity contribution in [2.45, 2.75) is 72.3 Å². The molecule has 2 heteroatoms. The molecule has 0 bridgehead atoms. The fraction of sp³-hybridized carbons (Fsp3) is 1.00. The molecule has 0 radical (unpaired) electrons. The Morgan fingerprint density at radius 2 is 1.71 bits per heavy atom. The van der Waals surface area contributed by atoms with Crippen LogP contribution in [0.5, 0.6) is 0 Å². The second kappa shape index (κ2) is 12.4. The van der Waals surface area contributed by atoms with Crippen LogP contribution in [-0.4, -0.2) is 25.8 Å². The molecule has 0 fully saturated rings. The minimum Gasteiger partial charge on any atom is -0.380 e. The van der Waals surface area contributed by atoms with Crippen LogP contribution >= 0.6 is 0 Å². The van der Waals surface area contributed by atoms with Gasteiger partial charge in [0, 0.05) is 12.6 Å². The van der Waals surface area contributed by atoms with E-state index in [1.807, 2.05) is 0 Å². The van der Waals surface area contributed by atoms with Gasteiger partial charge in [-0.05, 0) is 31.7 Å². The molecule has 17 heavy (non-hydrogen) atoms. The number of hydrogen-bond acceptors (Lipinski definition) is 2. The van der Waals surface area contributed by atoms with Crippen molar-refractivity contribution in [3.63, 3.8) is 0 Å². The summed E-state index contributed by atoms with van der Waals surface area (Å²) in [5, 5.41) is 3.53. The Labute approximate surface area is 109 Å². The van der Waals surface area contributed by atoms with E-state index in [1.165, 1.54) is 32.1 Å². The van der Waals surface area contributed by atoms with Crippen LogP contribution < -0.4 is 5.32 Å². The predicted octanol–water partition coefficient (Wildman–Crippen LogP) is 4.00. The van der Waals surface area contributed by atoms with Crippen molar-refractivity contribution in [3.8, 4) is 0 Å². The lowest BCUT2D eigenvalue weighted by Crippen LogP contribution is -2.34. The minimum absolute atomic E-state index is 0.540. The van der Waals surface area contributed by atoms with Gasteiger partial charge in [0.15, 0.2) is 0 Å². The van der Waals surface area contributed by atoms with E-state index >= 15 is 0 Å². The highest BCUT2D eigenvalue weighted by molar-refractivity contribution is 4.64. The van der Waals surface area contributed by atoms with Crippen molar-refractivity contribution in [2.75, 3.05) is 19.8 Å². The highest BCUT2D eigenvalue weighted by Gasteiger charge is 2.09. The average molecular weight is 243 g/mol. The van der Waals surface area contributed by atoms with Crippen LogP contribution in [0.3, 0.4) is 0 Å². The minimum atomic E-state index is 0.540. The van der Waals surface area contributed by atoms with Crippen LogP contribution in [0.4, 0.5) is 0 Å². The largest absolute Gasteiger partial charge is 0.380 e. The fourth-order valence-corrected chi connectivity index (χ4v) is 1.94. The van der Waals surface area contributed by atoms with Gasteiger partial charge < -0.3 is 10.1 Å². The number of unbranched alkanes of at least 4 members (excludes halogenated alkanes) is 1. The summed E-state index contributed by atoms with van der Waals surface area (Å²) in [6.45, 7) is 11.9. The lowest BCUT2D eigenvalue weighted by molar-refractivity contribution is 0.0759. The molecule has 1 N–H and O–H groups in total. The van der Waals surface area contributed by atoms with Crippen molar-refractivity contribution in [2.24, 2.45) is 5.92 Å².